The normalized spacial score (nSPS) is 18.5. The number of rotatable bonds is 7. The van der Waals surface area contributed by atoms with Crippen molar-refractivity contribution in [2.24, 2.45) is 0 Å². The van der Waals surface area contributed by atoms with Gasteiger partial charge in [0.05, 0.1) is 0 Å². The number of benzene rings is 3. The number of aryl methyl sites for hydroxylation is 2. The SMILES string of the molecule is CCc1cc(C(c2ccccc2)c2cc(CC)cc(C3(C)CCCC3)c2O)c(O)c(C2(C)CCCC2)c1. The van der Waals surface area contributed by atoms with E-state index in [0.29, 0.717) is 11.5 Å². The summed E-state index contributed by atoms with van der Waals surface area (Å²) in [6, 6.07) is 19.4. The van der Waals surface area contributed by atoms with Gasteiger partial charge in [-0.25, -0.2) is 0 Å². The quantitative estimate of drug-likeness (QED) is 0.320. The number of hydrogen-bond donors (Lipinski definition) is 2. The van der Waals surface area contributed by atoms with Crippen molar-refractivity contribution in [3.05, 3.63) is 93.5 Å². The van der Waals surface area contributed by atoms with Gasteiger partial charge in [-0.3, -0.25) is 0 Å². The third-order valence-corrected chi connectivity index (χ3v) is 9.68. The lowest BCUT2D eigenvalue weighted by Crippen LogP contribution is -2.20. The topological polar surface area (TPSA) is 40.5 Å². The zero-order chi connectivity index (χ0) is 26.2. The third-order valence-electron chi connectivity index (χ3n) is 9.68. The zero-order valence-electron chi connectivity index (χ0n) is 23.2. The molecular weight excluding hydrogens is 452 g/mol. The van der Waals surface area contributed by atoms with Gasteiger partial charge in [-0.05, 0) is 66.0 Å². The zero-order valence-corrected chi connectivity index (χ0v) is 23.2. The standard InChI is InChI=1S/C35H44O2/c1-5-24-20-27(32(36)29(22-24)34(3)16-10-11-17-34)31(26-14-8-7-9-15-26)28-21-25(6-2)23-30(33(28)37)35(4)18-12-13-19-35/h7-9,14-15,20-23,31,36-37H,5-6,10-13,16-19H2,1-4H3. The van der Waals surface area contributed by atoms with E-state index in [4.69, 9.17) is 0 Å². The second-order valence-corrected chi connectivity index (χ2v) is 12.2. The summed E-state index contributed by atoms with van der Waals surface area (Å²) >= 11 is 0. The van der Waals surface area contributed by atoms with Crippen molar-refractivity contribution in [1.29, 1.82) is 0 Å². The Morgan fingerprint density at radius 2 is 1.05 bits per heavy atom. The van der Waals surface area contributed by atoms with Crippen LogP contribution >= 0.6 is 0 Å². The van der Waals surface area contributed by atoms with E-state index in [9.17, 15) is 10.2 Å². The molecule has 0 atom stereocenters. The van der Waals surface area contributed by atoms with E-state index >= 15 is 0 Å². The van der Waals surface area contributed by atoms with Gasteiger partial charge in [-0.2, -0.15) is 0 Å². The Balaban J connectivity index is 1.78. The molecule has 0 aliphatic heterocycles. The predicted molar refractivity (Wildman–Crippen MR) is 154 cm³/mol. The average Bonchev–Trinajstić information content (AvgIpc) is 3.56. The minimum atomic E-state index is -0.230. The van der Waals surface area contributed by atoms with Gasteiger partial charge in [-0.15, -0.1) is 0 Å². The van der Waals surface area contributed by atoms with Gasteiger partial charge in [0.15, 0.2) is 0 Å². The molecule has 3 aromatic carbocycles. The van der Waals surface area contributed by atoms with E-state index < -0.39 is 0 Å². The smallest absolute Gasteiger partial charge is 0.123 e. The van der Waals surface area contributed by atoms with Crippen LogP contribution in [0.25, 0.3) is 0 Å². The molecule has 2 nitrogen and oxygen atoms in total. The Labute approximate surface area is 223 Å². The molecule has 2 fully saturated rings. The lowest BCUT2D eigenvalue weighted by atomic mass is 9.73. The highest BCUT2D eigenvalue weighted by Crippen LogP contribution is 2.52. The summed E-state index contributed by atoms with van der Waals surface area (Å²) in [5, 5.41) is 24.0. The largest absolute Gasteiger partial charge is 0.507 e. The van der Waals surface area contributed by atoms with E-state index in [2.05, 4.69) is 76.2 Å². The average molecular weight is 497 g/mol. The monoisotopic (exact) mass is 496 g/mol. The van der Waals surface area contributed by atoms with Crippen LogP contribution in [0.4, 0.5) is 0 Å². The van der Waals surface area contributed by atoms with Crippen LogP contribution in [0.15, 0.2) is 54.6 Å². The molecule has 2 N–H and O–H groups in total. The molecule has 0 spiro atoms. The van der Waals surface area contributed by atoms with Crippen LogP contribution in [0.5, 0.6) is 11.5 Å². The van der Waals surface area contributed by atoms with Gasteiger partial charge in [0.1, 0.15) is 11.5 Å². The van der Waals surface area contributed by atoms with Crippen LogP contribution in [0, 0.1) is 0 Å². The summed E-state index contributed by atoms with van der Waals surface area (Å²) in [4.78, 5) is 0. The van der Waals surface area contributed by atoms with Crippen LogP contribution in [-0.4, -0.2) is 10.2 Å². The molecule has 2 aliphatic carbocycles. The van der Waals surface area contributed by atoms with E-state index in [1.54, 1.807) is 0 Å². The maximum atomic E-state index is 12.0. The fraction of sp³-hybridized carbons (Fsp3) is 0.486. The fourth-order valence-electron chi connectivity index (χ4n) is 7.23. The lowest BCUT2D eigenvalue weighted by molar-refractivity contribution is 0.411. The second kappa shape index (κ2) is 10.2. The molecule has 0 radical (unpaired) electrons. The second-order valence-electron chi connectivity index (χ2n) is 12.2. The number of aromatic hydroxyl groups is 2. The molecule has 0 heterocycles. The summed E-state index contributed by atoms with van der Waals surface area (Å²) in [7, 11) is 0. The van der Waals surface area contributed by atoms with Gasteiger partial charge in [-0.1, -0.05) is 108 Å². The van der Waals surface area contributed by atoms with Gasteiger partial charge >= 0.3 is 0 Å². The first-order valence-electron chi connectivity index (χ1n) is 14.6. The minimum absolute atomic E-state index is 0.00104. The third kappa shape index (κ3) is 4.69. The number of phenolic OH excluding ortho intramolecular Hbond substituents is 2. The van der Waals surface area contributed by atoms with E-state index in [1.165, 1.54) is 36.8 Å². The lowest BCUT2D eigenvalue weighted by Gasteiger charge is -2.32. The Hall–Kier alpha value is -2.74. The molecule has 0 aromatic heterocycles. The maximum Gasteiger partial charge on any atom is 0.123 e. The van der Waals surface area contributed by atoms with Crippen LogP contribution in [0.1, 0.15) is 124 Å². The van der Waals surface area contributed by atoms with Crippen LogP contribution in [0.2, 0.25) is 0 Å². The van der Waals surface area contributed by atoms with Crippen molar-refractivity contribution < 1.29 is 10.2 Å². The molecule has 2 aliphatic rings. The van der Waals surface area contributed by atoms with Crippen LogP contribution in [-0.2, 0) is 23.7 Å². The van der Waals surface area contributed by atoms with Crippen molar-refractivity contribution in [3.8, 4) is 11.5 Å². The minimum Gasteiger partial charge on any atom is -0.507 e. The van der Waals surface area contributed by atoms with Crippen molar-refractivity contribution in [2.75, 3.05) is 0 Å². The molecule has 5 rings (SSSR count). The van der Waals surface area contributed by atoms with E-state index in [1.807, 2.05) is 6.07 Å². The summed E-state index contributed by atoms with van der Waals surface area (Å²) in [5.41, 5.74) is 7.67. The molecule has 0 unspecified atom stereocenters. The molecule has 37 heavy (non-hydrogen) atoms. The molecule has 2 heteroatoms. The first-order valence-corrected chi connectivity index (χ1v) is 14.6. The van der Waals surface area contributed by atoms with Crippen molar-refractivity contribution >= 4 is 0 Å². The molecular formula is C35H44O2. The Bertz CT molecular complexity index is 1160. The van der Waals surface area contributed by atoms with Gasteiger partial charge in [0.25, 0.3) is 0 Å². The van der Waals surface area contributed by atoms with Crippen LogP contribution in [0.3, 0.4) is 0 Å². The Morgan fingerprint density at radius 3 is 1.43 bits per heavy atom. The molecule has 0 saturated heterocycles. The van der Waals surface area contributed by atoms with E-state index in [0.717, 1.165) is 66.3 Å². The van der Waals surface area contributed by atoms with Gasteiger partial charge in [0, 0.05) is 28.2 Å². The predicted octanol–water partition coefficient (Wildman–Crippen LogP) is 9.07. The molecule has 196 valence electrons. The molecule has 2 saturated carbocycles. The number of phenols is 2. The summed E-state index contributed by atoms with van der Waals surface area (Å²) in [6.45, 7) is 9.04. The highest BCUT2D eigenvalue weighted by molar-refractivity contribution is 5.60. The van der Waals surface area contributed by atoms with Crippen molar-refractivity contribution in [1.82, 2.24) is 0 Å². The Kier molecular flexibility index (Phi) is 7.14. The van der Waals surface area contributed by atoms with Crippen LogP contribution < -0.4 is 0 Å². The van der Waals surface area contributed by atoms with Gasteiger partial charge in [0.2, 0.25) is 0 Å². The molecule has 0 bridgehead atoms. The highest BCUT2D eigenvalue weighted by Gasteiger charge is 2.38. The molecule has 0 amide bonds. The van der Waals surface area contributed by atoms with Gasteiger partial charge < -0.3 is 10.2 Å². The number of hydrogen-bond acceptors (Lipinski definition) is 2. The first-order chi connectivity index (χ1) is 17.8. The summed E-state index contributed by atoms with van der Waals surface area (Å²) < 4.78 is 0. The summed E-state index contributed by atoms with van der Waals surface area (Å²) in [5.74, 6) is 0.613. The van der Waals surface area contributed by atoms with Crippen molar-refractivity contribution in [2.45, 2.75) is 109 Å². The maximum absolute atomic E-state index is 12.0. The Morgan fingerprint density at radius 1 is 0.649 bits per heavy atom. The summed E-state index contributed by atoms with van der Waals surface area (Å²) in [6.07, 6.45) is 11.1. The fourth-order valence-corrected chi connectivity index (χ4v) is 7.23. The van der Waals surface area contributed by atoms with E-state index in [-0.39, 0.29) is 16.7 Å². The first kappa shape index (κ1) is 25.9. The molecule has 3 aromatic rings. The highest BCUT2D eigenvalue weighted by atomic mass is 16.3. The van der Waals surface area contributed by atoms with Crippen molar-refractivity contribution in [3.63, 3.8) is 0 Å².